The Morgan fingerprint density at radius 3 is 2.35 bits per heavy atom. The maximum Gasteiger partial charge on any atom is 0.187 e. The summed E-state index contributed by atoms with van der Waals surface area (Å²) in [7, 11) is 3.24. The summed E-state index contributed by atoms with van der Waals surface area (Å²) < 4.78 is 38.8. The Balaban J connectivity index is 1.54. The summed E-state index contributed by atoms with van der Waals surface area (Å²) in [6.07, 6.45) is -1.28. The standard InChI is InChI=1S/C13H22O7/c1-7-11(8-4-16-9(17-8)5-14-2)20-13-12(7)18-10(19-13)6-15-3/h7-13H,4-6H2,1-3H3. The number of methoxy groups -OCH3 is 2. The molecule has 20 heavy (non-hydrogen) atoms. The molecule has 0 aliphatic carbocycles. The minimum Gasteiger partial charge on any atom is -0.379 e. The second-order valence-corrected chi connectivity index (χ2v) is 5.34. The highest BCUT2D eigenvalue weighted by Crippen LogP contribution is 2.39. The molecule has 0 aromatic carbocycles. The van der Waals surface area contributed by atoms with Crippen molar-refractivity contribution in [3.8, 4) is 0 Å². The summed E-state index contributed by atoms with van der Waals surface area (Å²) in [5.74, 6) is 0.178. The van der Waals surface area contributed by atoms with Gasteiger partial charge in [-0.15, -0.1) is 0 Å². The summed E-state index contributed by atoms with van der Waals surface area (Å²) >= 11 is 0. The highest BCUT2D eigenvalue weighted by atomic mass is 16.8. The van der Waals surface area contributed by atoms with Gasteiger partial charge < -0.3 is 33.2 Å². The number of hydrogen-bond donors (Lipinski definition) is 0. The molecule has 0 spiro atoms. The van der Waals surface area contributed by atoms with Gasteiger partial charge in [0.15, 0.2) is 18.9 Å². The van der Waals surface area contributed by atoms with Crippen molar-refractivity contribution in [3.63, 3.8) is 0 Å². The van der Waals surface area contributed by atoms with Crippen molar-refractivity contribution in [2.75, 3.05) is 34.0 Å². The van der Waals surface area contributed by atoms with E-state index in [-0.39, 0.29) is 43.1 Å². The zero-order chi connectivity index (χ0) is 14.1. The van der Waals surface area contributed by atoms with Gasteiger partial charge in [0.05, 0.1) is 25.9 Å². The van der Waals surface area contributed by atoms with Crippen LogP contribution in [0.1, 0.15) is 6.92 Å². The first-order valence-corrected chi connectivity index (χ1v) is 6.94. The van der Waals surface area contributed by atoms with Crippen molar-refractivity contribution >= 4 is 0 Å². The summed E-state index contributed by atoms with van der Waals surface area (Å²) in [5.41, 5.74) is 0. The zero-order valence-corrected chi connectivity index (χ0v) is 12.0. The molecule has 7 nitrogen and oxygen atoms in total. The number of fused-ring (bicyclic) bond motifs is 1. The molecule has 0 aromatic rings. The lowest BCUT2D eigenvalue weighted by molar-refractivity contribution is -0.195. The van der Waals surface area contributed by atoms with Crippen LogP contribution in [0.25, 0.3) is 0 Å². The maximum absolute atomic E-state index is 5.94. The number of hydrogen-bond acceptors (Lipinski definition) is 7. The van der Waals surface area contributed by atoms with E-state index < -0.39 is 0 Å². The number of rotatable bonds is 5. The van der Waals surface area contributed by atoms with Gasteiger partial charge in [-0.05, 0) is 0 Å². The van der Waals surface area contributed by atoms with Gasteiger partial charge in [0, 0.05) is 20.1 Å². The van der Waals surface area contributed by atoms with Gasteiger partial charge in [-0.3, -0.25) is 0 Å². The number of ether oxygens (including phenoxy) is 7. The molecular weight excluding hydrogens is 268 g/mol. The van der Waals surface area contributed by atoms with Crippen molar-refractivity contribution in [1.82, 2.24) is 0 Å². The van der Waals surface area contributed by atoms with E-state index in [2.05, 4.69) is 6.92 Å². The first kappa shape index (κ1) is 14.6. The summed E-state index contributed by atoms with van der Waals surface area (Å²) in [5, 5.41) is 0. The Bertz CT molecular complexity index is 326. The molecule has 7 heteroatoms. The Hall–Kier alpha value is -0.280. The fraction of sp³-hybridized carbons (Fsp3) is 1.00. The highest BCUT2D eigenvalue weighted by molar-refractivity contribution is 4.93. The summed E-state index contributed by atoms with van der Waals surface area (Å²) in [6, 6.07) is 0. The van der Waals surface area contributed by atoms with E-state index in [9.17, 15) is 0 Å². The average Bonchev–Trinajstić information content (AvgIpc) is 3.08. The van der Waals surface area contributed by atoms with Crippen molar-refractivity contribution in [2.45, 2.75) is 44.1 Å². The highest BCUT2D eigenvalue weighted by Gasteiger charge is 2.53. The van der Waals surface area contributed by atoms with Crippen LogP contribution in [0.15, 0.2) is 0 Å². The molecule has 0 amide bonds. The molecule has 7 atom stereocenters. The predicted molar refractivity (Wildman–Crippen MR) is 65.9 cm³/mol. The Morgan fingerprint density at radius 2 is 1.65 bits per heavy atom. The predicted octanol–water partition coefficient (Wildman–Crippen LogP) is 0.123. The molecule has 3 aliphatic rings. The lowest BCUT2D eigenvalue weighted by Crippen LogP contribution is -2.36. The fourth-order valence-corrected chi connectivity index (χ4v) is 2.96. The molecule has 0 bridgehead atoms. The second-order valence-electron chi connectivity index (χ2n) is 5.34. The van der Waals surface area contributed by atoms with Crippen LogP contribution in [0.5, 0.6) is 0 Å². The molecule has 3 rings (SSSR count). The molecule has 0 N–H and O–H groups in total. The van der Waals surface area contributed by atoms with Crippen LogP contribution in [0, 0.1) is 5.92 Å². The monoisotopic (exact) mass is 290 g/mol. The van der Waals surface area contributed by atoms with Crippen molar-refractivity contribution in [1.29, 1.82) is 0 Å². The van der Waals surface area contributed by atoms with Gasteiger partial charge in [0.25, 0.3) is 0 Å². The SMILES string of the molecule is COCC1OCC(C2OC3OC(COC)OC3C2C)O1. The van der Waals surface area contributed by atoms with Crippen LogP contribution in [0.3, 0.4) is 0 Å². The summed E-state index contributed by atoms with van der Waals surface area (Å²) in [4.78, 5) is 0. The Kier molecular flexibility index (Phi) is 4.56. The van der Waals surface area contributed by atoms with Gasteiger partial charge in [-0.25, -0.2) is 0 Å². The van der Waals surface area contributed by atoms with E-state index in [1.165, 1.54) is 0 Å². The van der Waals surface area contributed by atoms with Crippen molar-refractivity contribution < 1.29 is 33.2 Å². The topological polar surface area (TPSA) is 64.6 Å². The third kappa shape index (κ3) is 2.71. The second kappa shape index (κ2) is 6.23. The molecule has 0 aromatic heterocycles. The van der Waals surface area contributed by atoms with Crippen LogP contribution < -0.4 is 0 Å². The van der Waals surface area contributed by atoms with Gasteiger partial charge in [-0.1, -0.05) is 6.92 Å². The lowest BCUT2D eigenvalue weighted by atomic mass is 9.97. The van der Waals surface area contributed by atoms with E-state index in [1.807, 2.05) is 0 Å². The first-order valence-electron chi connectivity index (χ1n) is 6.94. The van der Waals surface area contributed by atoms with Gasteiger partial charge >= 0.3 is 0 Å². The normalized spacial score (nSPS) is 47.9. The van der Waals surface area contributed by atoms with E-state index in [1.54, 1.807) is 14.2 Å². The lowest BCUT2D eigenvalue weighted by Gasteiger charge is -2.23. The molecule has 3 fully saturated rings. The van der Waals surface area contributed by atoms with Crippen molar-refractivity contribution in [3.05, 3.63) is 0 Å². The van der Waals surface area contributed by atoms with Crippen LogP contribution in [-0.4, -0.2) is 71.2 Å². The van der Waals surface area contributed by atoms with Crippen LogP contribution in [-0.2, 0) is 33.2 Å². The third-order valence-electron chi connectivity index (χ3n) is 3.94. The molecule has 3 saturated heterocycles. The quantitative estimate of drug-likeness (QED) is 0.712. The van der Waals surface area contributed by atoms with Crippen LogP contribution in [0.2, 0.25) is 0 Å². The minimum atomic E-state index is -0.347. The van der Waals surface area contributed by atoms with E-state index >= 15 is 0 Å². The molecule has 0 radical (unpaired) electrons. The average molecular weight is 290 g/mol. The third-order valence-corrected chi connectivity index (χ3v) is 3.94. The van der Waals surface area contributed by atoms with Crippen LogP contribution in [0.4, 0.5) is 0 Å². The molecule has 3 aliphatic heterocycles. The van der Waals surface area contributed by atoms with Gasteiger partial charge in [0.2, 0.25) is 0 Å². The van der Waals surface area contributed by atoms with Gasteiger partial charge in [-0.2, -0.15) is 0 Å². The molecule has 0 saturated carbocycles. The fourth-order valence-electron chi connectivity index (χ4n) is 2.96. The molecule has 7 unspecified atom stereocenters. The Labute approximate surface area is 118 Å². The maximum atomic E-state index is 5.94. The summed E-state index contributed by atoms with van der Waals surface area (Å²) in [6.45, 7) is 3.42. The smallest absolute Gasteiger partial charge is 0.187 e. The molecule has 116 valence electrons. The van der Waals surface area contributed by atoms with Crippen LogP contribution >= 0.6 is 0 Å². The van der Waals surface area contributed by atoms with E-state index in [0.29, 0.717) is 19.8 Å². The molecular formula is C13H22O7. The van der Waals surface area contributed by atoms with Crippen molar-refractivity contribution in [2.24, 2.45) is 5.92 Å². The van der Waals surface area contributed by atoms with E-state index in [4.69, 9.17) is 33.2 Å². The largest absolute Gasteiger partial charge is 0.379 e. The Morgan fingerprint density at radius 1 is 0.900 bits per heavy atom. The van der Waals surface area contributed by atoms with E-state index in [0.717, 1.165) is 0 Å². The van der Waals surface area contributed by atoms with Gasteiger partial charge in [0.1, 0.15) is 12.2 Å². The minimum absolute atomic E-state index is 0.0785. The first-order chi connectivity index (χ1) is 9.72. The zero-order valence-electron chi connectivity index (χ0n) is 12.0. The molecule has 3 heterocycles.